The molecule has 7 heteroatoms. The number of aliphatic hydroxyl groups excluding tert-OH is 1. The molecule has 0 bridgehead atoms. The first-order valence-electron chi connectivity index (χ1n) is 8.46. The second-order valence-corrected chi connectivity index (χ2v) is 7.85. The fourth-order valence-electron chi connectivity index (χ4n) is 3.11. The van der Waals surface area contributed by atoms with Crippen molar-refractivity contribution in [1.29, 1.82) is 0 Å². The molecule has 0 radical (unpaired) electrons. The molecule has 134 valence electrons. The second-order valence-electron chi connectivity index (χ2n) is 6.06. The van der Waals surface area contributed by atoms with Crippen LogP contribution in [0.15, 0.2) is 53.5 Å². The Morgan fingerprint density at radius 1 is 0.963 bits per heavy atom. The van der Waals surface area contributed by atoms with Gasteiger partial charge in [-0.3, -0.25) is 4.98 Å². The third-order valence-corrected chi connectivity index (χ3v) is 6.09. The fraction of sp³-hybridized carbons (Fsp3) is 0.100. The van der Waals surface area contributed by atoms with Crippen molar-refractivity contribution in [2.45, 2.75) is 0 Å². The standard InChI is InChI=1S/C20H15N3O2S2/c24-5-6-25-18-10-26-20-9-13-15(3-4-21-16(13)8-14(18)20)23-12-1-2-19-17(7-12)22-11-27-19/h1-4,7-11,24H,5-6H2,(H,21,23). The van der Waals surface area contributed by atoms with Gasteiger partial charge >= 0.3 is 0 Å². The van der Waals surface area contributed by atoms with Gasteiger partial charge in [0.2, 0.25) is 0 Å². The second kappa shape index (κ2) is 6.77. The van der Waals surface area contributed by atoms with E-state index in [4.69, 9.17) is 9.84 Å². The summed E-state index contributed by atoms with van der Waals surface area (Å²) in [5, 5.41) is 16.5. The zero-order valence-corrected chi connectivity index (χ0v) is 15.8. The minimum Gasteiger partial charge on any atom is -0.490 e. The largest absolute Gasteiger partial charge is 0.490 e. The van der Waals surface area contributed by atoms with Gasteiger partial charge in [0.15, 0.2) is 0 Å². The number of rotatable bonds is 5. The summed E-state index contributed by atoms with van der Waals surface area (Å²) < 4.78 is 7.93. The average Bonchev–Trinajstić information content (AvgIpc) is 3.31. The molecule has 0 aliphatic carbocycles. The summed E-state index contributed by atoms with van der Waals surface area (Å²) in [6.07, 6.45) is 1.80. The Balaban J connectivity index is 1.57. The number of aliphatic hydroxyl groups is 1. The SMILES string of the molecule is OCCOc1csc2cc3c(Nc4ccc5scnc5c4)ccnc3cc12. The van der Waals surface area contributed by atoms with Crippen molar-refractivity contribution >= 4 is 65.3 Å². The zero-order valence-electron chi connectivity index (χ0n) is 14.2. The van der Waals surface area contributed by atoms with Gasteiger partial charge < -0.3 is 15.2 Å². The summed E-state index contributed by atoms with van der Waals surface area (Å²) in [5.41, 5.74) is 5.76. The first-order chi connectivity index (χ1) is 13.3. The van der Waals surface area contributed by atoms with E-state index in [1.165, 1.54) is 4.70 Å². The molecule has 0 unspecified atom stereocenters. The molecule has 5 rings (SSSR count). The number of hydrogen-bond donors (Lipinski definition) is 2. The van der Waals surface area contributed by atoms with Gasteiger partial charge in [0, 0.05) is 38.4 Å². The summed E-state index contributed by atoms with van der Waals surface area (Å²) in [6.45, 7) is 0.290. The third kappa shape index (κ3) is 2.99. The Morgan fingerprint density at radius 3 is 2.85 bits per heavy atom. The molecule has 3 aromatic heterocycles. The molecule has 0 aliphatic heterocycles. The molecule has 5 nitrogen and oxygen atoms in total. The van der Waals surface area contributed by atoms with Crippen LogP contribution in [-0.4, -0.2) is 28.3 Å². The van der Waals surface area contributed by atoms with Crippen LogP contribution in [0, 0.1) is 0 Å². The van der Waals surface area contributed by atoms with E-state index in [1.807, 2.05) is 23.0 Å². The van der Waals surface area contributed by atoms with Gasteiger partial charge in [-0.15, -0.1) is 22.7 Å². The number of thiophene rings is 1. The number of thiazole rings is 1. The Kier molecular flexibility index (Phi) is 4.12. The number of ether oxygens (including phenoxy) is 1. The van der Waals surface area contributed by atoms with Crippen LogP contribution < -0.4 is 10.1 Å². The summed E-state index contributed by atoms with van der Waals surface area (Å²) in [5.74, 6) is 0.792. The quantitative estimate of drug-likeness (QED) is 0.431. The zero-order chi connectivity index (χ0) is 18.2. The molecule has 0 saturated heterocycles. The lowest BCUT2D eigenvalue weighted by Gasteiger charge is -2.10. The Hall–Kier alpha value is -2.74. The molecule has 2 aromatic carbocycles. The van der Waals surface area contributed by atoms with Crippen LogP contribution in [-0.2, 0) is 0 Å². The van der Waals surface area contributed by atoms with Crippen LogP contribution in [0.3, 0.4) is 0 Å². The van der Waals surface area contributed by atoms with E-state index in [0.717, 1.165) is 43.6 Å². The van der Waals surface area contributed by atoms with Crippen molar-refractivity contribution < 1.29 is 9.84 Å². The Morgan fingerprint density at radius 2 is 1.93 bits per heavy atom. The van der Waals surface area contributed by atoms with E-state index in [-0.39, 0.29) is 13.2 Å². The Labute approximate surface area is 162 Å². The van der Waals surface area contributed by atoms with Crippen LogP contribution in [0.25, 0.3) is 31.2 Å². The number of nitrogens with one attached hydrogen (secondary N) is 1. The minimum atomic E-state index is 0.000565. The van der Waals surface area contributed by atoms with Gasteiger partial charge in [-0.1, -0.05) is 0 Å². The maximum Gasteiger partial charge on any atom is 0.138 e. The van der Waals surface area contributed by atoms with E-state index in [9.17, 15) is 0 Å². The van der Waals surface area contributed by atoms with E-state index < -0.39 is 0 Å². The normalized spacial score (nSPS) is 11.4. The molecule has 2 N–H and O–H groups in total. The summed E-state index contributed by atoms with van der Waals surface area (Å²) >= 11 is 3.27. The van der Waals surface area contributed by atoms with Crippen molar-refractivity contribution in [3.63, 3.8) is 0 Å². The summed E-state index contributed by atoms with van der Waals surface area (Å²) in [4.78, 5) is 8.91. The highest BCUT2D eigenvalue weighted by Crippen LogP contribution is 2.37. The molecule has 0 aliphatic rings. The van der Waals surface area contributed by atoms with Gasteiger partial charge in [0.1, 0.15) is 12.4 Å². The van der Waals surface area contributed by atoms with E-state index in [2.05, 4.69) is 39.6 Å². The van der Waals surface area contributed by atoms with E-state index >= 15 is 0 Å². The number of fused-ring (bicyclic) bond motifs is 3. The molecule has 0 amide bonds. The molecule has 0 fully saturated rings. The van der Waals surface area contributed by atoms with E-state index in [0.29, 0.717) is 0 Å². The van der Waals surface area contributed by atoms with Crippen molar-refractivity contribution in [3.8, 4) is 5.75 Å². The molecular formula is C20H15N3O2S2. The van der Waals surface area contributed by atoms with Crippen molar-refractivity contribution in [2.24, 2.45) is 0 Å². The number of aromatic nitrogens is 2. The average molecular weight is 393 g/mol. The number of hydrogen-bond acceptors (Lipinski definition) is 7. The lowest BCUT2D eigenvalue weighted by molar-refractivity contribution is 0.203. The van der Waals surface area contributed by atoms with Gasteiger partial charge in [-0.05, 0) is 36.4 Å². The third-order valence-electron chi connectivity index (χ3n) is 4.36. The number of pyridine rings is 1. The van der Waals surface area contributed by atoms with Crippen LogP contribution in [0.4, 0.5) is 11.4 Å². The maximum atomic E-state index is 8.99. The molecule has 0 atom stereocenters. The van der Waals surface area contributed by atoms with Gasteiger partial charge in [-0.25, -0.2) is 4.98 Å². The predicted molar refractivity (Wildman–Crippen MR) is 113 cm³/mol. The van der Waals surface area contributed by atoms with Crippen LogP contribution in [0.2, 0.25) is 0 Å². The summed E-state index contributed by atoms with van der Waals surface area (Å²) in [6, 6.07) is 12.4. The van der Waals surface area contributed by atoms with Crippen LogP contribution in [0.1, 0.15) is 0 Å². The van der Waals surface area contributed by atoms with Crippen molar-refractivity contribution in [3.05, 3.63) is 53.5 Å². The van der Waals surface area contributed by atoms with Crippen molar-refractivity contribution in [2.75, 3.05) is 18.5 Å². The highest BCUT2D eigenvalue weighted by molar-refractivity contribution is 7.17. The monoisotopic (exact) mass is 393 g/mol. The van der Waals surface area contributed by atoms with Crippen LogP contribution in [0.5, 0.6) is 5.75 Å². The topological polar surface area (TPSA) is 67.3 Å². The molecule has 5 aromatic rings. The van der Waals surface area contributed by atoms with Crippen LogP contribution >= 0.6 is 22.7 Å². The highest BCUT2D eigenvalue weighted by atomic mass is 32.1. The highest BCUT2D eigenvalue weighted by Gasteiger charge is 2.10. The first kappa shape index (κ1) is 16.4. The molecule has 27 heavy (non-hydrogen) atoms. The molecule has 0 saturated carbocycles. The fourth-order valence-corrected chi connectivity index (χ4v) is 4.67. The predicted octanol–water partition coefficient (Wildman–Crippen LogP) is 5.17. The minimum absolute atomic E-state index is 0.000565. The van der Waals surface area contributed by atoms with Crippen molar-refractivity contribution in [1.82, 2.24) is 9.97 Å². The van der Waals surface area contributed by atoms with Gasteiger partial charge in [-0.2, -0.15) is 0 Å². The lowest BCUT2D eigenvalue weighted by Crippen LogP contribution is -2.00. The molecule has 0 spiro atoms. The first-order valence-corrected chi connectivity index (χ1v) is 10.2. The Bertz CT molecular complexity index is 1260. The smallest absolute Gasteiger partial charge is 0.138 e. The van der Waals surface area contributed by atoms with E-state index in [1.54, 1.807) is 28.9 Å². The maximum absolute atomic E-state index is 8.99. The lowest BCUT2D eigenvalue weighted by atomic mass is 10.1. The van der Waals surface area contributed by atoms with Gasteiger partial charge in [0.05, 0.1) is 27.9 Å². The van der Waals surface area contributed by atoms with Gasteiger partial charge in [0.25, 0.3) is 0 Å². The number of nitrogens with zero attached hydrogens (tertiary/aromatic N) is 2. The summed E-state index contributed by atoms with van der Waals surface area (Å²) in [7, 11) is 0. The molecular weight excluding hydrogens is 378 g/mol. The molecule has 3 heterocycles. The number of benzene rings is 2. The number of anilines is 2.